The smallest absolute Gasteiger partial charge is 0.319 e. The monoisotopic (exact) mass is 464 g/mol. The fourth-order valence-corrected chi connectivity index (χ4v) is 3.49. The van der Waals surface area contributed by atoms with Crippen molar-refractivity contribution in [2.75, 3.05) is 30.3 Å². The number of aliphatic hydroxyl groups excluding tert-OH is 1. The number of nitrogens with one attached hydrogen (secondary N) is 3. The molecule has 0 unspecified atom stereocenters. The first-order valence-corrected chi connectivity index (χ1v) is 11.0. The molecule has 34 heavy (non-hydrogen) atoms. The number of aromatic nitrogens is 2. The molecule has 0 aliphatic heterocycles. The minimum absolute atomic E-state index is 0.00119. The summed E-state index contributed by atoms with van der Waals surface area (Å²) in [5.74, 6) is 0.0799. The van der Waals surface area contributed by atoms with Crippen LogP contribution < -0.4 is 16.0 Å². The summed E-state index contributed by atoms with van der Waals surface area (Å²) in [4.78, 5) is 21.3. The molecule has 3 rings (SSSR count). The number of anilines is 2. The van der Waals surface area contributed by atoms with E-state index in [1.54, 1.807) is 33.0 Å². The number of rotatable bonds is 8. The highest BCUT2D eigenvalue weighted by molar-refractivity contribution is 5.92. The summed E-state index contributed by atoms with van der Waals surface area (Å²) in [6.07, 6.45) is 2.17. The lowest BCUT2D eigenvalue weighted by atomic mass is 9.92. The molecular formula is C25H29FN6O2. The molecule has 2 aromatic heterocycles. The number of nitrogens with zero attached hydrogens (tertiary/aromatic N) is 3. The van der Waals surface area contributed by atoms with Gasteiger partial charge in [0.1, 0.15) is 11.6 Å². The second kappa shape index (κ2) is 10.4. The minimum Gasteiger partial charge on any atom is -0.395 e. The van der Waals surface area contributed by atoms with Gasteiger partial charge in [0.05, 0.1) is 29.3 Å². The summed E-state index contributed by atoms with van der Waals surface area (Å²) in [7, 11) is 0. The Balaban J connectivity index is 1.86. The van der Waals surface area contributed by atoms with E-state index in [0.717, 1.165) is 27.7 Å². The molecule has 4 N–H and O–H groups in total. The number of hydrogen-bond donors (Lipinski definition) is 4. The number of amides is 2. The molecule has 0 radical (unpaired) electrons. The van der Waals surface area contributed by atoms with Crippen LogP contribution >= 0.6 is 0 Å². The average molecular weight is 465 g/mol. The quantitative estimate of drug-likeness (QED) is 0.389. The highest BCUT2D eigenvalue weighted by atomic mass is 19.1. The van der Waals surface area contributed by atoms with Crippen molar-refractivity contribution >= 4 is 28.4 Å². The molecule has 0 aliphatic rings. The first-order valence-electron chi connectivity index (χ1n) is 11.0. The Hall–Kier alpha value is -3.77. The van der Waals surface area contributed by atoms with Crippen LogP contribution in [0, 0.1) is 36.4 Å². The number of hydrogen-bond acceptors (Lipinski definition) is 6. The molecule has 3 aromatic rings. The summed E-state index contributed by atoms with van der Waals surface area (Å²) in [6, 6.07) is 8.37. The van der Waals surface area contributed by atoms with Crippen LogP contribution in [0.4, 0.5) is 20.7 Å². The Bertz CT molecular complexity index is 1250. The Morgan fingerprint density at radius 2 is 1.94 bits per heavy atom. The molecule has 0 spiro atoms. The predicted octanol–water partition coefficient (Wildman–Crippen LogP) is 4.52. The minimum atomic E-state index is -0.555. The first kappa shape index (κ1) is 24.9. The molecule has 2 heterocycles. The maximum atomic E-state index is 14.6. The molecule has 2 amide bonds. The topological polar surface area (TPSA) is 123 Å². The van der Waals surface area contributed by atoms with Crippen LogP contribution in [0.15, 0.2) is 30.5 Å². The Morgan fingerprint density at radius 1 is 1.18 bits per heavy atom. The van der Waals surface area contributed by atoms with Crippen LogP contribution in [-0.4, -0.2) is 40.8 Å². The van der Waals surface area contributed by atoms with E-state index >= 15 is 0 Å². The van der Waals surface area contributed by atoms with E-state index in [2.05, 4.69) is 32.0 Å². The molecule has 0 fully saturated rings. The Morgan fingerprint density at radius 3 is 2.65 bits per heavy atom. The zero-order valence-electron chi connectivity index (χ0n) is 19.8. The SMILES string of the molecule is Cc1cc(F)c(NC(=O)NCCC(C)(C)C#N)cc1-c1cc2cnc(NCCO)cc2nc1C. The second-order valence-electron chi connectivity index (χ2n) is 8.81. The lowest BCUT2D eigenvalue weighted by Crippen LogP contribution is -2.32. The molecular weight excluding hydrogens is 435 g/mol. The van der Waals surface area contributed by atoms with E-state index in [4.69, 9.17) is 10.4 Å². The molecule has 0 aliphatic carbocycles. The van der Waals surface area contributed by atoms with Crippen molar-refractivity contribution in [3.63, 3.8) is 0 Å². The second-order valence-corrected chi connectivity index (χ2v) is 8.81. The molecule has 9 heteroatoms. The Kier molecular flexibility index (Phi) is 7.64. The lowest BCUT2D eigenvalue weighted by Gasteiger charge is -2.16. The van der Waals surface area contributed by atoms with Crippen LogP contribution in [0.3, 0.4) is 0 Å². The van der Waals surface area contributed by atoms with Crippen LogP contribution in [0.2, 0.25) is 0 Å². The third-order valence-corrected chi connectivity index (χ3v) is 5.50. The average Bonchev–Trinajstić information content (AvgIpc) is 2.79. The number of pyridine rings is 2. The number of halogens is 1. The van der Waals surface area contributed by atoms with Gasteiger partial charge in [-0.05, 0) is 63.4 Å². The van der Waals surface area contributed by atoms with E-state index in [9.17, 15) is 9.18 Å². The van der Waals surface area contributed by atoms with E-state index in [-0.39, 0.29) is 12.3 Å². The zero-order chi connectivity index (χ0) is 24.9. The summed E-state index contributed by atoms with van der Waals surface area (Å²) < 4.78 is 14.6. The van der Waals surface area contributed by atoms with Gasteiger partial charge in [-0.2, -0.15) is 5.26 Å². The van der Waals surface area contributed by atoms with Crippen molar-refractivity contribution < 1.29 is 14.3 Å². The van der Waals surface area contributed by atoms with Gasteiger partial charge in [0, 0.05) is 42.0 Å². The summed E-state index contributed by atoms with van der Waals surface area (Å²) in [5.41, 5.74) is 3.25. The zero-order valence-corrected chi connectivity index (χ0v) is 19.8. The molecule has 0 atom stereocenters. The standard InChI is InChI=1S/C25H29FN6O2/c1-15-9-20(26)22(32-24(34)29-6-5-25(3,4)14-27)11-18(15)19-10-17-13-30-23(28-7-8-33)12-21(17)31-16(19)2/h9-13,33H,5-8H2,1-4H3,(H,28,30)(H2,29,32,34). The first-order chi connectivity index (χ1) is 16.1. The van der Waals surface area contributed by atoms with Crippen molar-refractivity contribution in [3.05, 3.63) is 47.5 Å². The molecule has 1 aromatic carbocycles. The van der Waals surface area contributed by atoms with E-state index in [0.29, 0.717) is 30.9 Å². The number of benzene rings is 1. The number of fused-ring (bicyclic) bond motifs is 1. The third kappa shape index (κ3) is 5.97. The van der Waals surface area contributed by atoms with E-state index in [1.807, 2.05) is 19.1 Å². The van der Waals surface area contributed by atoms with E-state index in [1.165, 1.54) is 6.07 Å². The summed E-state index contributed by atoms with van der Waals surface area (Å²) in [6.45, 7) is 7.94. The molecule has 8 nitrogen and oxygen atoms in total. The maximum Gasteiger partial charge on any atom is 0.319 e. The highest BCUT2D eigenvalue weighted by Gasteiger charge is 2.18. The van der Waals surface area contributed by atoms with Crippen molar-refractivity contribution in [2.45, 2.75) is 34.1 Å². The van der Waals surface area contributed by atoms with Gasteiger partial charge in [-0.1, -0.05) is 0 Å². The van der Waals surface area contributed by atoms with Crippen LogP contribution in [0.25, 0.3) is 22.0 Å². The molecule has 0 saturated heterocycles. The largest absolute Gasteiger partial charge is 0.395 e. The number of carbonyl (C=O) groups is 1. The maximum absolute atomic E-state index is 14.6. The third-order valence-electron chi connectivity index (χ3n) is 5.50. The fourth-order valence-electron chi connectivity index (χ4n) is 3.49. The fraction of sp³-hybridized carbons (Fsp3) is 0.360. The summed E-state index contributed by atoms with van der Waals surface area (Å²) >= 11 is 0. The van der Waals surface area contributed by atoms with Gasteiger partial charge in [0.25, 0.3) is 0 Å². The van der Waals surface area contributed by atoms with E-state index < -0.39 is 17.3 Å². The highest BCUT2D eigenvalue weighted by Crippen LogP contribution is 2.32. The summed E-state index contributed by atoms with van der Waals surface area (Å²) in [5, 5.41) is 27.1. The normalized spacial score (nSPS) is 11.2. The van der Waals surface area contributed by atoms with Gasteiger partial charge >= 0.3 is 6.03 Å². The van der Waals surface area contributed by atoms with Crippen LogP contribution in [0.5, 0.6) is 0 Å². The van der Waals surface area contributed by atoms with Crippen molar-refractivity contribution in [1.29, 1.82) is 5.26 Å². The number of urea groups is 1. The molecule has 0 bridgehead atoms. The van der Waals surface area contributed by atoms with Gasteiger partial charge in [-0.25, -0.2) is 14.2 Å². The van der Waals surface area contributed by atoms with Gasteiger partial charge in [0.15, 0.2) is 0 Å². The molecule has 178 valence electrons. The Labute approximate surface area is 198 Å². The van der Waals surface area contributed by atoms with Crippen LogP contribution in [0.1, 0.15) is 31.5 Å². The molecule has 0 saturated carbocycles. The predicted molar refractivity (Wildman–Crippen MR) is 131 cm³/mol. The van der Waals surface area contributed by atoms with Crippen LogP contribution in [-0.2, 0) is 0 Å². The number of carbonyl (C=O) groups excluding carboxylic acids is 1. The van der Waals surface area contributed by atoms with Gasteiger partial charge in [0.2, 0.25) is 0 Å². The van der Waals surface area contributed by atoms with Crippen molar-refractivity contribution in [3.8, 4) is 17.2 Å². The number of aryl methyl sites for hydroxylation is 2. The van der Waals surface area contributed by atoms with Crippen molar-refractivity contribution in [2.24, 2.45) is 5.41 Å². The lowest BCUT2D eigenvalue weighted by molar-refractivity contribution is 0.250. The van der Waals surface area contributed by atoms with Crippen molar-refractivity contribution in [1.82, 2.24) is 15.3 Å². The van der Waals surface area contributed by atoms with Gasteiger partial charge in [-0.15, -0.1) is 0 Å². The number of nitriles is 1. The number of aliphatic hydroxyl groups is 1. The van der Waals surface area contributed by atoms with Gasteiger partial charge < -0.3 is 21.1 Å². The van der Waals surface area contributed by atoms with Gasteiger partial charge in [-0.3, -0.25) is 4.98 Å².